The average Bonchev–Trinajstić information content (AvgIpc) is 3.72. The van der Waals surface area contributed by atoms with Crippen LogP contribution in [0.2, 0.25) is 0 Å². The molecule has 0 aliphatic rings. The van der Waals surface area contributed by atoms with E-state index < -0.39 is 0 Å². The quantitative estimate of drug-likeness (QED) is 0.123. The summed E-state index contributed by atoms with van der Waals surface area (Å²) in [5.41, 5.74) is 4.74. The van der Waals surface area contributed by atoms with Crippen molar-refractivity contribution in [2.45, 2.75) is 46.0 Å². The Morgan fingerprint density at radius 2 is 1.29 bits per heavy atom. The summed E-state index contributed by atoms with van der Waals surface area (Å²) < 4.78 is 16.5. The summed E-state index contributed by atoms with van der Waals surface area (Å²) in [7, 11) is 0. The van der Waals surface area contributed by atoms with Gasteiger partial charge in [0, 0.05) is 22.3 Å². The van der Waals surface area contributed by atoms with Crippen molar-refractivity contribution in [1.29, 1.82) is 0 Å². The molecule has 0 unspecified atom stereocenters. The number of hydrogen-bond acceptors (Lipinski definition) is 10. The molecule has 2 heterocycles. The van der Waals surface area contributed by atoms with Crippen molar-refractivity contribution in [3.05, 3.63) is 83.9 Å². The molecule has 0 saturated carbocycles. The SMILES string of the molecule is CCCCOC(=O)c1cccc(-c2noc(-c3cccc(-c4nc(-c5cccc(CCCC)c5)no4)c3)n2)c1.O=C=O. The summed E-state index contributed by atoms with van der Waals surface area (Å²) in [4.78, 5) is 37.8. The first kappa shape index (κ1) is 29.8. The second-order valence-corrected chi connectivity index (χ2v) is 9.38. The van der Waals surface area contributed by atoms with Crippen molar-refractivity contribution >= 4 is 12.1 Å². The summed E-state index contributed by atoms with van der Waals surface area (Å²) in [6, 6.07) is 22.8. The van der Waals surface area contributed by atoms with E-state index in [4.69, 9.17) is 23.4 Å². The molecular formula is C32H30N4O6. The largest absolute Gasteiger partial charge is 0.462 e. The molecule has 0 aliphatic carbocycles. The van der Waals surface area contributed by atoms with Gasteiger partial charge in [0.1, 0.15) is 0 Å². The van der Waals surface area contributed by atoms with Crippen molar-refractivity contribution in [3.8, 4) is 45.7 Å². The van der Waals surface area contributed by atoms with E-state index in [-0.39, 0.29) is 12.1 Å². The zero-order valence-electron chi connectivity index (χ0n) is 23.4. The molecule has 0 radical (unpaired) electrons. The minimum Gasteiger partial charge on any atom is -0.462 e. The Morgan fingerprint density at radius 3 is 1.90 bits per heavy atom. The molecule has 0 bridgehead atoms. The van der Waals surface area contributed by atoms with Gasteiger partial charge in [-0.25, -0.2) is 4.79 Å². The highest BCUT2D eigenvalue weighted by Crippen LogP contribution is 2.28. The highest BCUT2D eigenvalue weighted by molar-refractivity contribution is 5.90. The molecule has 10 nitrogen and oxygen atoms in total. The number of hydrogen-bond donors (Lipinski definition) is 0. The van der Waals surface area contributed by atoms with Crippen molar-refractivity contribution in [1.82, 2.24) is 20.3 Å². The maximum atomic E-state index is 12.3. The van der Waals surface area contributed by atoms with E-state index in [0.717, 1.165) is 43.2 Å². The molecule has 2 aromatic heterocycles. The van der Waals surface area contributed by atoms with Gasteiger partial charge in [-0.1, -0.05) is 73.4 Å². The topological polar surface area (TPSA) is 138 Å². The lowest BCUT2D eigenvalue weighted by atomic mass is 10.1. The molecule has 0 spiro atoms. The van der Waals surface area contributed by atoms with Gasteiger partial charge in [-0.05, 0) is 61.2 Å². The van der Waals surface area contributed by atoms with Crippen LogP contribution in [0.5, 0.6) is 0 Å². The van der Waals surface area contributed by atoms with Crippen LogP contribution in [0.1, 0.15) is 55.5 Å². The fourth-order valence-electron chi connectivity index (χ4n) is 4.13. The van der Waals surface area contributed by atoms with Crippen LogP contribution >= 0.6 is 0 Å². The molecule has 214 valence electrons. The minimum absolute atomic E-state index is 0.250. The van der Waals surface area contributed by atoms with Crippen LogP contribution in [0.4, 0.5) is 0 Å². The van der Waals surface area contributed by atoms with Gasteiger partial charge in [0.15, 0.2) is 0 Å². The van der Waals surface area contributed by atoms with Crippen LogP contribution in [0, 0.1) is 0 Å². The monoisotopic (exact) mass is 566 g/mol. The van der Waals surface area contributed by atoms with Gasteiger partial charge in [0.05, 0.1) is 12.2 Å². The molecule has 0 atom stereocenters. The van der Waals surface area contributed by atoms with Crippen LogP contribution in [0.15, 0.2) is 81.8 Å². The molecule has 10 heteroatoms. The smallest absolute Gasteiger partial charge is 0.373 e. The van der Waals surface area contributed by atoms with Gasteiger partial charge in [0.25, 0.3) is 11.8 Å². The Bertz CT molecular complexity index is 1650. The predicted octanol–water partition coefficient (Wildman–Crippen LogP) is 6.84. The highest BCUT2D eigenvalue weighted by Gasteiger charge is 2.16. The van der Waals surface area contributed by atoms with E-state index in [9.17, 15) is 4.79 Å². The third-order valence-corrected chi connectivity index (χ3v) is 6.30. The van der Waals surface area contributed by atoms with Crippen molar-refractivity contribution < 1.29 is 28.2 Å². The lowest BCUT2D eigenvalue weighted by Gasteiger charge is -2.04. The van der Waals surface area contributed by atoms with Gasteiger partial charge in [-0.3, -0.25) is 0 Å². The number of unbranched alkanes of at least 4 members (excludes halogenated alkanes) is 2. The van der Waals surface area contributed by atoms with Gasteiger partial charge in [0.2, 0.25) is 11.6 Å². The molecule has 42 heavy (non-hydrogen) atoms. The Kier molecular flexibility index (Phi) is 10.6. The van der Waals surface area contributed by atoms with Crippen molar-refractivity contribution in [2.75, 3.05) is 6.61 Å². The molecule has 0 aliphatic heterocycles. The fourth-order valence-corrected chi connectivity index (χ4v) is 4.13. The van der Waals surface area contributed by atoms with E-state index in [2.05, 4.69) is 39.3 Å². The fraction of sp³-hybridized carbons (Fsp3) is 0.250. The third kappa shape index (κ3) is 7.71. The lowest BCUT2D eigenvalue weighted by Crippen LogP contribution is -2.06. The molecule has 0 fully saturated rings. The number of aromatic nitrogens is 4. The number of ether oxygens (including phenoxy) is 1. The summed E-state index contributed by atoms with van der Waals surface area (Å²) in [6.45, 7) is 4.63. The molecule has 0 amide bonds. The standard InChI is InChI=1S/C31H30N4O4.CO2/c1-3-5-10-21-11-7-12-22(18-21)27-32-29(38-34-27)24-14-9-15-25(20-24)30-33-28(35-39-30)23-13-8-16-26(19-23)31(36)37-17-6-4-2;2-1-3/h7-9,11-16,18-20H,3-6,10,17H2,1-2H3;. The number of rotatable bonds is 11. The second-order valence-electron chi connectivity index (χ2n) is 9.38. The lowest BCUT2D eigenvalue weighted by molar-refractivity contribution is -0.191. The molecular weight excluding hydrogens is 536 g/mol. The number of carbonyl (C=O) groups excluding carboxylic acids is 3. The van der Waals surface area contributed by atoms with E-state index in [1.165, 1.54) is 5.56 Å². The summed E-state index contributed by atoms with van der Waals surface area (Å²) >= 11 is 0. The minimum atomic E-state index is -0.367. The zero-order chi connectivity index (χ0) is 29.7. The van der Waals surface area contributed by atoms with Crippen LogP contribution < -0.4 is 0 Å². The third-order valence-electron chi connectivity index (χ3n) is 6.30. The Hall–Kier alpha value is -5.21. The number of esters is 1. The van der Waals surface area contributed by atoms with Crippen molar-refractivity contribution in [3.63, 3.8) is 0 Å². The first-order chi connectivity index (χ1) is 20.6. The average molecular weight is 567 g/mol. The van der Waals surface area contributed by atoms with E-state index >= 15 is 0 Å². The van der Waals surface area contributed by atoms with Gasteiger partial charge in [-0.2, -0.15) is 19.6 Å². The molecule has 5 rings (SSSR count). The van der Waals surface area contributed by atoms with Crippen molar-refractivity contribution in [2.24, 2.45) is 0 Å². The molecule has 3 aromatic carbocycles. The van der Waals surface area contributed by atoms with Gasteiger partial charge >= 0.3 is 12.1 Å². The number of carbonyl (C=O) groups is 1. The van der Waals surface area contributed by atoms with E-state index in [1.54, 1.807) is 18.2 Å². The summed E-state index contributed by atoms with van der Waals surface area (Å²) in [5, 5.41) is 8.33. The Morgan fingerprint density at radius 1 is 0.738 bits per heavy atom. The predicted molar refractivity (Wildman–Crippen MR) is 153 cm³/mol. The van der Waals surface area contributed by atoms with E-state index in [0.29, 0.717) is 46.7 Å². The van der Waals surface area contributed by atoms with Gasteiger partial charge < -0.3 is 13.8 Å². The number of nitrogens with zero attached hydrogens (tertiary/aromatic N) is 4. The Balaban J connectivity index is 0.00000129. The highest BCUT2D eigenvalue weighted by atomic mass is 16.5. The van der Waals surface area contributed by atoms with Gasteiger partial charge in [-0.15, -0.1) is 0 Å². The number of aryl methyl sites for hydroxylation is 1. The maximum Gasteiger partial charge on any atom is 0.373 e. The molecule has 0 saturated heterocycles. The second kappa shape index (κ2) is 15.0. The first-order valence-corrected chi connectivity index (χ1v) is 13.7. The Labute approximate surface area is 242 Å². The first-order valence-electron chi connectivity index (χ1n) is 13.7. The van der Waals surface area contributed by atoms with Crippen LogP contribution in [0.25, 0.3) is 45.7 Å². The maximum absolute atomic E-state index is 12.3. The van der Waals surface area contributed by atoms with Crippen LogP contribution in [0.3, 0.4) is 0 Å². The number of benzene rings is 3. The van der Waals surface area contributed by atoms with E-state index in [1.807, 2.05) is 49.4 Å². The molecule has 5 aromatic rings. The molecule has 0 N–H and O–H groups in total. The van der Waals surface area contributed by atoms with Crippen LogP contribution in [-0.4, -0.2) is 39.0 Å². The van der Waals surface area contributed by atoms with Crippen LogP contribution in [-0.2, 0) is 20.7 Å². The summed E-state index contributed by atoms with van der Waals surface area (Å²) in [5.74, 6) is 1.29. The zero-order valence-corrected chi connectivity index (χ0v) is 23.4. The summed E-state index contributed by atoms with van der Waals surface area (Å²) in [6.07, 6.45) is 5.35. The normalized spacial score (nSPS) is 10.4.